The topological polar surface area (TPSA) is 50.8 Å². The molecule has 1 atom stereocenters. The van der Waals surface area contributed by atoms with E-state index >= 15 is 0 Å². The van der Waals surface area contributed by atoms with Crippen molar-refractivity contribution in [3.63, 3.8) is 0 Å². The van der Waals surface area contributed by atoms with E-state index in [9.17, 15) is 4.79 Å². The van der Waals surface area contributed by atoms with Gasteiger partial charge in [-0.1, -0.05) is 18.2 Å². The fraction of sp³-hybridized carbons (Fsp3) is 0.611. The third-order valence-corrected chi connectivity index (χ3v) is 3.67. The molecule has 1 aromatic carbocycles. The Morgan fingerprint density at radius 3 is 2.78 bits per heavy atom. The van der Waals surface area contributed by atoms with Crippen molar-refractivity contribution in [3.05, 3.63) is 29.8 Å². The van der Waals surface area contributed by atoms with Gasteiger partial charge < -0.3 is 19.7 Å². The zero-order valence-electron chi connectivity index (χ0n) is 14.6. The number of nitrogens with zero attached hydrogens (tertiary/aromatic N) is 1. The van der Waals surface area contributed by atoms with Crippen LogP contribution in [0.15, 0.2) is 24.3 Å². The Morgan fingerprint density at radius 1 is 1.39 bits per heavy atom. The highest BCUT2D eigenvalue weighted by Gasteiger charge is 2.20. The SMILES string of the molecule is CN(Cc1ccccc1NCC1CCCO1)C(=O)OC(C)(C)C. The van der Waals surface area contributed by atoms with E-state index in [1.165, 1.54) is 0 Å². The van der Waals surface area contributed by atoms with Crippen LogP contribution >= 0.6 is 0 Å². The Kier molecular flexibility index (Phi) is 5.88. The number of carbonyl (C=O) groups is 1. The summed E-state index contributed by atoms with van der Waals surface area (Å²) in [7, 11) is 1.75. The van der Waals surface area contributed by atoms with Gasteiger partial charge in [-0.15, -0.1) is 0 Å². The first kappa shape index (κ1) is 17.6. The second-order valence-electron chi connectivity index (χ2n) is 7.01. The maximum atomic E-state index is 12.1. The highest BCUT2D eigenvalue weighted by Crippen LogP contribution is 2.20. The molecule has 2 rings (SSSR count). The number of hydrogen-bond acceptors (Lipinski definition) is 4. The predicted molar refractivity (Wildman–Crippen MR) is 91.6 cm³/mol. The molecule has 5 nitrogen and oxygen atoms in total. The lowest BCUT2D eigenvalue weighted by molar-refractivity contribution is 0.0285. The molecule has 0 saturated carbocycles. The quantitative estimate of drug-likeness (QED) is 0.900. The number of carbonyl (C=O) groups excluding carboxylic acids is 1. The molecule has 5 heteroatoms. The van der Waals surface area contributed by atoms with Gasteiger partial charge >= 0.3 is 6.09 Å². The van der Waals surface area contributed by atoms with Gasteiger partial charge in [0.25, 0.3) is 0 Å². The molecular formula is C18H28N2O3. The van der Waals surface area contributed by atoms with Crippen molar-refractivity contribution in [1.82, 2.24) is 4.90 Å². The maximum Gasteiger partial charge on any atom is 0.410 e. The van der Waals surface area contributed by atoms with Crippen molar-refractivity contribution in [2.24, 2.45) is 0 Å². The van der Waals surface area contributed by atoms with Crippen LogP contribution < -0.4 is 5.32 Å². The summed E-state index contributed by atoms with van der Waals surface area (Å²) in [6, 6.07) is 8.04. The Morgan fingerprint density at radius 2 is 2.13 bits per heavy atom. The van der Waals surface area contributed by atoms with E-state index in [4.69, 9.17) is 9.47 Å². The summed E-state index contributed by atoms with van der Waals surface area (Å²) in [5, 5.41) is 3.44. The van der Waals surface area contributed by atoms with Crippen molar-refractivity contribution in [2.75, 3.05) is 25.5 Å². The van der Waals surface area contributed by atoms with E-state index in [-0.39, 0.29) is 12.2 Å². The number of rotatable bonds is 5. The number of anilines is 1. The van der Waals surface area contributed by atoms with Crippen LogP contribution in [0.5, 0.6) is 0 Å². The van der Waals surface area contributed by atoms with Gasteiger partial charge in [0, 0.05) is 25.9 Å². The summed E-state index contributed by atoms with van der Waals surface area (Å²) < 4.78 is 11.0. The summed E-state index contributed by atoms with van der Waals surface area (Å²) in [4.78, 5) is 13.7. The first-order valence-corrected chi connectivity index (χ1v) is 8.22. The highest BCUT2D eigenvalue weighted by atomic mass is 16.6. The maximum absolute atomic E-state index is 12.1. The van der Waals surface area contributed by atoms with Crippen LogP contribution in [-0.2, 0) is 16.0 Å². The first-order valence-electron chi connectivity index (χ1n) is 8.22. The third-order valence-electron chi connectivity index (χ3n) is 3.67. The summed E-state index contributed by atoms with van der Waals surface area (Å²) in [6.07, 6.45) is 2.21. The van der Waals surface area contributed by atoms with Crippen LogP contribution in [0.25, 0.3) is 0 Å². The lowest BCUT2D eigenvalue weighted by Crippen LogP contribution is -2.34. The molecule has 1 aliphatic rings. The van der Waals surface area contributed by atoms with Crippen LogP contribution in [0.4, 0.5) is 10.5 Å². The van der Waals surface area contributed by atoms with Gasteiger partial charge in [-0.3, -0.25) is 0 Å². The van der Waals surface area contributed by atoms with Crippen LogP contribution in [0.2, 0.25) is 0 Å². The van der Waals surface area contributed by atoms with Gasteiger partial charge in [-0.2, -0.15) is 0 Å². The predicted octanol–water partition coefficient (Wildman–Crippen LogP) is 3.64. The second kappa shape index (κ2) is 7.68. The van der Waals surface area contributed by atoms with Crippen LogP contribution in [0.1, 0.15) is 39.2 Å². The highest BCUT2D eigenvalue weighted by molar-refractivity contribution is 5.68. The molecule has 0 aliphatic carbocycles. The Balaban J connectivity index is 1.94. The molecule has 1 unspecified atom stereocenters. The van der Waals surface area contributed by atoms with E-state index in [1.54, 1.807) is 11.9 Å². The zero-order valence-corrected chi connectivity index (χ0v) is 14.6. The van der Waals surface area contributed by atoms with E-state index in [2.05, 4.69) is 5.32 Å². The molecule has 1 fully saturated rings. The van der Waals surface area contributed by atoms with Crippen molar-refractivity contribution in [3.8, 4) is 0 Å². The number of para-hydroxylation sites is 1. The van der Waals surface area contributed by atoms with E-state index in [0.29, 0.717) is 6.54 Å². The standard InChI is InChI=1S/C18H28N2O3/c1-18(2,3)23-17(21)20(4)13-14-8-5-6-10-16(14)19-12-15-9-7-11-22-15/h5-6,8,10,15,19H,7,9,11-13H2,1-4H3. The Bertz CT molecular complexity index is 519. The Hall–Kier alpha value is -1.75. The molecule has 0 bridgehead atoms. The average Bonchev–Trinajstić information content (AvgIpc) is 2.98. The summed E-state index contributed by atoms with van der Waals surface area (Å²) in [5.74, 6) is 0. The molecule has 1 amide bonds. The zero-order chi connectivity index (χ0) is 16.9. The van der Waals surface area contributed by atoms with Crippen molar-refractivity contribution >= 4 is 11.8 Å². The average molecular weight is 320 g/mol. The van der Waals surface area contributed by atoms with E-state index in [0.717, 1.165) is 37.2 Å². The number of benzene rings is 1. The minimum absolute atomic E-state index is 0.284. The van der Waals surface area contributed by atoms with Crippen molar-refractivity contribution in [1.29, 1.82) is 0 Å². The third kappa shape index (κ3) is 5.75. The Labute approximate surface area is 139 Å². The first-order chi connectivity index (χ1) is 10.8. The van der Waals surface area contributed by atoms with E-state index in [1.807, 2.05) is 45.0 Å². The molecular weight excluding hydrogens is 292 g/mol. The van der Waals surface area contributed by atoms with Crippen LogP contribution in [0.3, 0.4) is 0 Å². The smallest absolute Gasteiger partial charge is 0.410 e. The molecule has 1 heterocycles. The fourth-order valence-electron chi connectivity index (χ4n) is 2.52. The monoisotopic (exact) mass is 320 g/mol. The number of nitrogens with one attached hydrogen (secondary N) is 1. The summed E-state index contributed by atoms with van der Waals surface area (Å²) in [6.45, 7) is 7.77. The molecule has 23 heavy (non-hydrogen) atoms. The normalized spacial score (nSPS) is 17.8. The van der Waals surface area contributed by atoms with E-state index < -0.39 is 5.60 Å². The van der Waals surface area contributed by atoms with Gasteiger partial charge in [0.15, 0.2) is 0 Å². The molecule has 1 saturated heterocycles. The molecule has 1 aromatic rings. The molecule has 0 spiro atoms. The largest absolute Gasteiger partial charge is 0.444 e. The van der Waals surface area contributed by atoms with Crippen LogP contribution in [0, 0.1) is 0 Å². The number of amides is 1. The van der Waals surface area contributed by atoms with Crippen molar-refractivity contribution < 1.29 is 14.3 Å². The summed E-state index contributed by atoms with van der Waals surface area (Å²) in [5.41, 5.74) is 1.63. The number of hydrogen-bond donors (Lipinski definition) is 1. The van der Waals surface area contributed by atoms with Gasteiger partial charge in [-0.05, 0) is 45.2 Å². The molecule has 1 N–H and O–H groups in total. The molecule has 0 radical (unpaired) electrons. The van der Waals surface area contributed by atoms with Gasteiger partial charge in [0.1, 0.15) is 5.60 Å². The summed E-state index contributed by atoms with van der Waals surface area (Å²) >= 11 is 0. The lowest BCUT2D eigenvalue weighted by Gasteiger charge is -2.25. The molecule has 0 aromatic heterocycles. The minimum atomic E-state index is -0.483. The minimum Gasteiger partial charge on any atom is -0.444 e. The van der Waals surface area contributed by atoms with Crippen LogP contribution in [-0.4, -0.2) is 42.9 Å². The van der Waals surface area contributed by atoms with Crippen molar-refractivity contribution in [2.45, 2.75) is 51.9 Å². The fourth-order valence-corrected chi connectivity index (χ4v) is 2.52. The second-order valence-corrected chi connectivity index (χ2v) is 7.01. The van der Waals surface area contributed by atoms with Gasteiger partial charge in [0.05, 0.1) is 12.6 Å². The number of ether oxygens (including phenoxy) is 2. The molecule has 128 valence electrons. The molecule has 1 aliphatic heterocycles. The van der Waals surface area contributed by atoms with Gasteiger partial charge in [-0.25, -0.2) is 4.79 Å². The van der Waals surface area contributed by atoms with Gasteiger partial charge in [0.2, 0.25) is 0 Å². The lowest BCUT2D eigenvalue weighted by atomic mass is 10.1.